The fraction of sp³-hybridized carbons (Fsp3) is 0.348. The van der Waals surface area contributed by atoms with Gasteiger partial charge in [-0.3, -0.25) is 10.2 Å². The minimum absolute atomic E-state index is 0.0824. The molecule has 9 heteroatoms. The third-order valence-electron chi connectivity index (χ3n) is 4.18. The summed E-state index contributed by atoms with van der Waals surface area (Å²) < 4.78 is 11.1. The Morgan fingerprint density at radius 3 is 2.69 bits per heavy atom. The van der Waals surface area contributed by atoms with E-state index in [1.54, 1.807) is 36.8 Å². The summed E-state index contributed by atoms with van der Waals surface area (Å²) in [5.41, 5.74) is 3.65. The molecule has 2 heterocycles. The van der Waals surface area contributed by atoms with Crippen molar-refractivity contribution in [3.05, 3.63) is 49.3 Å². The van der Waals surface area contributed by atoms with Crippen molar-refractivity contribution in [2.24, 2.45) is 10.2 Å². The molecule has 1 aliphatic rings. The number of carbonyl (C=O) groups is 1. The second-order valence-electron chi connectivity index (χ2n) is 6.46. The molecule has 32 heavy (non-hydrogen) atoms. The predicted molar refractivity (Wildman–Crippen MR) is 126 cm³/mol. The van der Waals surface area contributed by atoms with Crippen LogP contribution in [0.5, 0.6) is 11.5 Å². The Balaban J connectivity index is 0.00000176. The van der Waals surface area contributed by atoms with Gasteiger partial charge in [-0.05, 0) is 31.6 Å². The lowest BCUT2D eigenvalue weighted by Gasteiger charge is -2.22. The second-order valence-corrected chi connectivity index (χ2v) is 6.46. The smallest absolute Gasteiger partial charge is 0.284 e. The molecule has 1 aromatic carbocycles. The Kier molecular flexibility index (Phi) is 9.83. The van der Waals surface area contributed by atoms with Gasteiger partial charge in [0, 0.05) is 25.4 Å². The van der Waals surface area contributed by atoms with Crippen LogP contribution in [0.25, 0.3) is 11.4 Å². The van der Waals surface area contributed by atoms with Crippen molar-refractivity contribution in [1.29, 1.82) is 0 Å². The summed E-state index contributed by atoms with van der Waals surface area (Å²) in [5.74, 6) is 0.997. The lowest BCUT2D eigenvalue weighted by Crippen LogP contribution is -2.36. The number of aromatic nitrogens is 2. The lowest BCUT2D eigenvalue weighted by molar-refractivity contribution is -0.109. The molecule has 3 rings (SSSR count). The first kappa shape index (κ1) is 24.5. The number of hydrogen-bond donors (Lipinski definition) is 1. The van der Waals surface area contributed by atoms with Gasteiger partial charge in [-0.1, -0.05) is 32.6 Å². The maximum absolute atomic E-state index is 12.2. The zero-order valence-electron chi connectivity index (χ0n) is 19.0. The molecule has 170 valence electrons. The van der Waals surface area contributed by atoms with Gasteiger partial charge in [-0.25, -0.2) is 9.97 Å². The molecule has 0 bridgehead atoms. The summed E-state index contributed by atoms with van der Waals surface area (Å²) in [5, 5.41) is 10.2. The molecule has 0 aliphatic carbocycles. The van der Waals surface area contributed by atoms with Crippen LogP contribution in [0.3, 0.4) is 0 Å². The molecule has 0 spiro atoms. The van der Waals surface area contributed by atoms with Crippen LogP contribution in [0, 0.1) is 0 Å². The summed E-state index contributed by atoms with van der Waals surface area (Å²) in [4.78, 5) is 20.8. The van der Waals surface area contributed by atoms with E-state index in [1.165, 1.54) is 0 Å². The zero-order chi connectivity index (χ0) is 23.3. The number of benzene rings is 1. The van der Waals surface area contributed by atoms with E-state index in [-0.39, 0.29) is 11.9 Å². The number of hydrogen-bond acceptors (Lipinski definition) is 9. The van der Waals surface area contributed by atoms with Gasteiger partial charge >= 0.3 is 0 Å². The number of nitrogens with one attached hydrogen (secondary N) is 1. The Hall–Kier alpha value is -3.75. The molecule has 1 atom stereocenters. The van der Waals surface area contributed by atoms with Crippen molar-refractivity contribution in [2.75, 3.05) is 20.2 Å². The molecule has 1 N–H and O–H groups in total. The van der Waals surface area contributed by atoms with Gasteiger partial charge in [-0.15, -0.1) is 5.10 Å². The van der Waals surface area contributed by atoms with Crippen molar-refractivity contribution in [1.82, 2.24) is 20.4 Å². The first-order valence-corrected chi connectivity index (χ1v) is 10.6. The Bertz CT molecular complexity index is 943. The minimum atomic E-state index is -0.435. The van der Waals surface area contributed by atoms with E-state index in [1.807, 2.05) is 38.9 Å². The van der Waals surface area contributed by atoms with E-state index in [2.05, 4.69) is 32.2 Å². The standard InChI is InChI=1S/C21H24N6O3.C2H6/c1-4-19(28)21(26-25-16-9-10-27(3)24-12-16)30-17-8-6-7-15(11-17)20-22-13-18(14-23-20)29-5-2;1-2/h4,6-8,11-14,16,25H,1,5,9-10H2,2-3H3;1-2H3/b26-21+;. The van der Waals surface area contributed by atoms with Crippen LogP contribution in [0.2, 0.25) is 0 Å². The Morgan fingerprint density at radius 2 is 2.06 bits per heavy atom. The van der Waals surface area contributed by atoms with E-state index < -0.39 is 5.78 Å². The van der Waals surface area contributed by atoms with Crippen LogP contribution >= 0.6 is 0 Å². The predicted octanol–water partition coefficient (Wildman–Crippen LogP) is 3.30. The van der Waals surface area contributed by atoms with E-state index in [4.69, 9.17) is 9.47 Å². The molecule has 0 fully saturated rings. The molecule has 0 radical (unpaired) electrons. The molecule has 0 amide bonds. The average molecular weight is 439 g/mol. The maximum Gasteiger partial charge on any atom is 0.284 e. The molecule has 1 aromatic heterocycles. The van der Waals surface area contributed by atoms with Crippen LogP contribution in [-0.2, 0) is 4.79 Å². The van der Waals surface area contributed by atoms with Gasteiger partial charge in [-0.2, -0.15) is 5.10 Å². The molecule has 2 aromatic rings. The molecule has 1 unspecified atom stereocenters. The lowest BCUT2D eigenvalue weighted by atomic mass is 10.2. The third-order valence-corrected chi connectivity index (χ3v) is 4.18. The molecule has 0 saturated carbocycles. The van der Waals surface area contributed by atoms with Gasteiger partial charge < -0.3 is 14.5 Å². The summed E-state index contributed by atoms with van der Waals surface area (Å²) in [7, 11) is 1.90. The summed E-state index contributed by atoms with van der Waals surface area (Å²) in [6.07, 6.45) is 6.93. The third kappa shape index (κ3) is 7.19. The van der Waals surface area contributed by atoms with Crippen LogP contribution in [0.15, 0.2) is 59.5 Å². The van der Waals surface area contributed by atoms with Crippen molar-refractivity contribution in [3.63, 3.8) is 0 Å². The van der Waals surface area contributed by atoms with Gasteiger partial charge in [0.1, 0.15) is 5.75 Å². The largest absolute Gasteiger partial charge is 0.491 e. The number of rotatable bonds is 8. The SMILES string of the molecule is C=CC(=O)/C(=N\NC1C=NN(C)CC1)Oc1cccc(-c2ncc(OCC)cn2)c1.CC. The highest BCUT2D eigenvalue weighted by molar-refractivity contribution is 6.41. The van der Waals surface area contributed by atoms with Crippen molar-refractivity contribution < 1.29 is 14.3 Å². The first-order valence-electron chi connectivity index (χ1n) is 10.6. The fourth-order valence-electron chi connectivity index (χ4n) is 2.62. The highest BCUT2D eigenvalue weighted by Gasteiger charge is 2.15. The fourth-order valence-corrected chi connectivity index (χ4v) is 2.62. The number of ether oxygens (including phenoxy) is 2. The number of ketones is 1. The van der Waals surface area contributed by atoms with Crippen LogP contribution in [0.4, 0.5) is 0 Å². The normalized spacial score (nSPS) is 15.3. The minimum Gasteiger partial charge on any atom is -0.491 e. The highest BCUT2D eigenvalue weighted by Crippen LogP contribution is 2.22. The van der Waals surface area contributed by atoms with Gasteiger partial charge in [0.25, 0.3) is 5.90 Å². The van der Waals surface area contributed by atoms with Gasteiger partial charge in [0.2, 0.25) is 5.78 Å². The Morgan fingerprint density at radius 1 is 1.31 bits per heavy atom. The summed E-state index contributed by atoms with van der Waals surface area (Å²) in [6, 6.07) is 7.01. The summed E-state index contributed by atoms with van der Waals surface area (Å²) >= 11 is 0. The number of nitrogens with zero attached hydrogens (tertiary/aromatic N) is 5. The van der Waals surface area contributed by atoms with Crippen molar-refractivity contribution in [3.8, 4) is 22.9 Å². The van der Waals surface area contributed by atoms with E-state index in [0.29, 0.717) is 23.9 Å². The monoisotopic (exact) mass is 438 g/mol. The van der Waals surface area contributed by atoms with Crippen LogP contribution < -0.4 is 14.9 Å². The topological polar surface area (TPSA) is 101 Å². The Labute approximate surface area is 188 Å². The van der Waals surface area contributed by atoms with Crippen LogP contribution in [-0.4, -0.2) is 59.1 Å². The average Bonchev–Trinajstić information content (AvgIpc) is 2.84. The number of hydrazone groups is 2. The molecule has 1 aliphatic heterocycles. The van der Waals surface area contributed by atoms with Crippen LogP contribution in [0.1, 0.15) is 27.2 Å². The van der Waals surface area contributed by atoms with Crippen molar-refractivity contribution >= 4 is 17.9 Å². The number of carbonyl (C=O) groups excluding carboxylic acids is 1. The summed E-state index contributed by atoms with van der Waals surface area (Å²) in [6.45, 7) is 10.7. The van der Waals surface area contributed by atoms with Crippen molar-refractivity contribution in [2.45, 2.75) is 33.2 Å². The molecule has 0 saturated heterocycles. The second kappa shape index (κ2) is 12.8. The van der Waals surface area contributed by atoms with E-state index in [0.717, 1.165) is 24.6 Å². The highest BCUT2D eigenvalue weighted by atomic mass is 16.5. The van der Waals surface area contributed by atoms with Gasteiger partial charge in [0.15, 0.2) is 11.6 Å². The quantitative estimate of drug-likeness (QED) is 0.292. The maximum atomic E-state index is 12.2. The van der Waals surface area contributed by atoms with E-state index in [9.17, 15) is 4.79 Å². The van der Waals surface area contributed by atoms with E-state index >= 15 is 0 Å². The molecule has 9 nitrogen and oxygen atoms in total. The van der Waals surface area contributed by atoms with Gasteiger partial charge in [0.05, 0.1) is 25.0 Å². The zero-order valence-corrected chi connectivity index (χ0v) is 19.0. The first-order chi connectivity index (χ1) is 15.6. The molecular formula is C23H30N6O3. The molecular weight excluding hydrogens is 408 g/mol.